The molecule has 0 bridgehead atoms. The van der Waals surface area contributed by atoms with E-state index < -0.39 is 6.10 Å². The molecule has 0 aliphatic carbocycles. The van der Waals surface area contributed by atoms with Gasteiger partial charge in [-0.1, -0.05) is 36.2 Å². The third-order valence-corrected chi connectivity index (χ3v) is 3.30. The van der Waals surface area contributed by atoms with Crippen molar-refractivity contribution >= 4 is 23.2 Å². The van der Waals surface area contributed by atoms with E-state index in [1.807, 2.05) is 19.1 Å². The Hall–Kier alpha value is -0.320. The van der Waals surface area contributed by atoms with Crippen LogP contribution < -0.4 is 5.32 Å². The van der Waals surface area contributed by atoms with Crippen molar-refractivity contribution in [1.29, 1.82) is 0 Å². The fourth-order valence-corrected chi connectivity index (χ4v) is 1.88. The zero-order valence-electron chi connectivity index (χ0n) is 9.66. The van der Waals surface area contributed by atoms with Crippen LogP contribution in [-0.4, -0.2) is 29.5 Å². The van der Waals surface area contributed by atoms with Gasteiger partial charge < -0.3 is 15.5 Å². The largest absolute Gasteiger partial charge is 0.394 e. The number of hydrogen-bond acceptors (Lipinski definition) is 3. The molecule has 3 N–H and O–H groups in total. The number of nitrogens with one attached hydrogen (secondary N) is 1. The van der Waals surface area contributed by atoms with Crippen LogP contribution in [0.5, 0.6) is 0 Å². The van der Waals surface area contributed by atoms with Crippen LogP contribution in [0.3, 0.4) is 0 Å². The summed E-state index contributed by atoms with van der Waals surface area (Å²) in [6.45, 7) is 2.13. The highest BCUT2D eigenvalue weighted by Gasteiger charge is 2.12. The molecule has 0 spiro atoms. The van der Waals surface area contributed by atoms with Crippen LogP contribution in [0.1, 0.15) is 24.9 Å². The average molecular weight is 278 g/mol. The predicted molar refractivity (Wildman–Crippen MR) is 70.6 cm³/mol. The van der Waals surface area contributed by atoms with Crippen molar-refractivity contribution in [1.82, 2.24) is 5.32 Å². The van der Waals surface area contributed by atoms with E-state index in [0.29, 0.717) is 16.6 Å². The number of aliphatic hydroxyl groups excluding tert-OH is 2. The minimum Gasteiger partial charge on any atom is -0.394 e. The van der Waals surface area contributed by atoms with Gasteiger partial charge in [0.1, 0.15) is 0 Å². The SMILES string of the molecule is CCC(NCC(O)CO)c1ccc(Cl)c(Cl)c1. The Kier molecular flexibility index (Phi) is 6.23. The average Bonchev–Trinajstić information content (AvgIpc) is 2.33. The van der Waals surface area contributed by atoms with Gasteiger partial charge in [-0.05, 0) is 24.1 Å². The Bertz CT molecular complexity index is 360. The number of hydrogen-bond donors (Lipinski definition) is 3. The van der Waals surface area contributed by atoms with E-state index in [1.54, 1.807) is 6.07 Å². The Labute approximate surface area is 111 Å². The highest BCUT2D eigenvalue weighted by Crippen LogP contribution is 2.26. The van der Waals surface area contributed by atoms with E-state index in [4.69, 9.17) is 28.3 Å². The first-order valence-corrected chi connectivity index (χ1v) is 6.31. The van der Waals surface area contributed by atoms with Crippen LogP contribution in [0.25, 0.3) is 0 Å². The summed E-state index contributed by atoms with van der Waals surface area (Å²) in [5.41, 5.74) is 1.02. The molecule has 0 aliphatic rings. The Morgan fingerprint density at radius 1 is 1.29 bits per heavy atom. The summed E-state index contributed by atoms with van der Waals surface area (Å²) in [5, 5.41) is 22.3. The maximum atomic E-state index is 9.29. The lowest BCUT2D eigenvalue weighted by Crippen LogP contribution is -2.32. The number of benzene rings is 1. The highest BCUT2D eigenvalue weighted by molar-refractivity contribution is 6.42. The maximum absolute atomic E-state index is 9.29. The topological polar surface area (TPSA) is 52.5 Å². The van der Waals surface area contributed by atoms with Gasteiger partial charge in [0.05, 0.1) is 22.8 Å². The van der Waals surface area contributed by atoms with Crippen molar-refractivity contribution in [3.63, 3.8) is 0 Å². The maximum Gasteiger partial charge on any atom is 0.0895 e. The smallest absolute Gasteiger partial charge is 0.0895 e. The molecular weight excluding hydrogens is 261 g/mol. The fourth-order valence-electron chi connectivity index (χ4n) is 1.57. The summed E-state index contributed by atoms with van der Waals surface area (Å²) < 4.78 is 0. The monoisotopic (exact) mass is 277 g/mol. The van der Waals surface area contributed by atoms with Crippen LogP contribution in [0.4, 0.5) is 0 Å². The molecule has 1 aromatic rings. The molecule has 1 rings (SSSR count). The second-order valence-corrected chi connectivity index (χ2v) is 4.69. The van der Waals surface area contributed by atoms with Crippen LogP contribution in [-0.2, 0) is 0 Å². The molecule has 0 radical (unpaired) electrons. The Balaban J connectivity index is 2.69. The van der Waals surface area contributed by atoms with Crippen molar-refractivity contribution < 1.29 is 10.2 Å². The fraction of sp³-hybridized carbons (Fsp3) is 0.500. The van der Waals surface area contributed by atoms with Crippen LogP contribution in [0, 0.1) is 0 Å². The molecule has 2 atom stereocenters. The quantitative estimate of drug-likeness (QED) is 0.749. The first-order chi connectivity index (χ1) is 8.08. The van der Waals surface area contributed by atoms with Crippen LogP contribution in [0.2, 0.25) is 10.0 Å². The van der Waals surface area contributed by atoms with Gasteiger partial charge in [-0.3, -0.25) is 0 Å². The molecule has 0 heterocycles. The molecule has 0 aromatic heterocycles. The standard InChI is InChI=1S/C12H17Cl2NO2/c1-2-12(15-6-9(17)7-16)8-3-4-10(13)11(14)5-8/h3-5,9,12,15-17H,2,6-7H2,1H3. The van der Waals surface area contributed by atoms with Gasteiger partial charge in [-0.15, -0.1) is 0 Å². The number of aliphatic hydroxyl groups is 2. The molecular formula is C12H17Cl2NO2. The Morgan fingerprint density at radius 3 is 2.53 bits per heavy atom. The second-order valence-electron chi connectivity index (χ2n) is 3.88. The second kappa shape index (κ2) is 7.19. The first-order valence-electron chi connectivity index (χ1n) is 5.55. The van der Waals surface area contributed by atoms with Gasteiger partial charge in [0.15, 0.2) is 0 Å². The molecule has 5 heteroatoms. The molecule has 0 fully saturated rings. The first kappa shape index (κ1) is 14.7. The zero-order chi connectivity index (χ0) is 12.8. The summed E-state index contributed by atoms with van der Waals surface area (Å²) in [5.74, 6) is 0. The number of halogens is 2. The molecule has 96 valence electrons. The van der Waals surface area contributed by atoms with Crippen LogP contribution >= 0.6 is 23.2 Å². The zero-order valence-corrected chi connectivity index (χ0v) is 11.2. The summed E-state index contributed by atoms with van der Waals surface area (Å²) >= 11 is 11.8. The van der Waals surface area contributed by atoms with Crippen molar-refractivity contribution in [2.45, 2.75) is 25.5 Å². The summed E-state index contributed by atoms with van der Waals surface area (Å²) in [6.07, 6.45) is 0.114. The molecule has 3 nitrogen and oxygen atoms in total. The minimum absolute atomic E-state index is 0.0889. The molecule has 0 aliphatic heterocycles. The van der Waals surface area contributed by atoms with E-state index in [9.17, 15) is 5.11 Å². The van der Waals surface area contributed by atoms with Gasteiger partial charge in [0.25, 0.3) is 0 Å². The molecule has 0 amide bonds. The highest BCUT2D eigenvalue weighted by atomic mass is 35.5. The van der Waals surface area contributed by atoms with E-state index in [0.717, 1.165) is 12.0 Å². The third kappa shape index (κ3) is 4.45. The summed E-state index contributed by atoms with van der Waals surface area (Å²) in [6, 6.07) is 5.56. The lowest BCUT2D eigenvalue weighted by atomic mass is 10.0. The predicted octanol–water partition coefficient (Wildman–Crippen LogP) is 2.39. The summed E-state index contributed by atoms with van der Waals surface area (Å²) in [4.78, 5) is 0. The van der Waals surface area contributed by atoms with Gasteiger partial charge in [0.2, 0.25) is 0 Å². The normalized spacial score (nSPS) is 14.6. The van der Waals surface area contributed by atoms with Crippen LogP contribution in [0.15, 0.2) is 18.2 Å². The molecule has 1 aromatic carbocycles. The molecule has 2 unspecified atom stereocenters. The van der Waals surface area contributed by atoms with Crippen molar-refractivity contribution in [3.05, 3.63) is 33.8 Å². The third-order valence-electron chi connectivity index (χ3n) is 2.56. The molecule has 17 heavy (non-hydrogen) atoms. The van der Waals surface area contributed by atoms with E-state index >= 15 is 0 Å². The lowest BCUT2D eigenvalue weighted by Gasteiger charge is -2.19. The summed E-state index contributed by atoms with van der Waals surface area (Å²) in [7, 11) is 0. The number of rotatable bonds is 6. The molecule has 0 saturated carbocycles. The van der Waals surface area contributed by atoms with E-state index in [1.165, 1.54) is 0 Å². The van der Waals surface area contributed by atoms with Gasteiger partial charge >= 0.3 is 0 Å². The van der Waals surface area contributed by atoms with Gasteiger partial charge in [-0.2, -0.15) is 0 Å². The molecule has 0 saturated heterocycles. The van der Waals surface area contributed by atoms with Crippen molar-refractivity contribution in [2.75, 3.05) is 13.2 Å². The van der Waals surface area contributed by atoms with Gasteiger partial charge in [-0.25, -0.2) is 0 Å². The Morgan fingerprint density at radius 2 is 2.00 bits per heavy atom. The van der Waals surface area contributed by atoms with E-state index in [-0.39, 0.29) is 12.6 Å². The van der Waals surface area contributed by atoms with Crippen molar-refractivity contribution in [3.8, 4) is 0 Å². The van der Waals surface area contributed by atoms with Gasteiger partial charge in [0, 0.05) is 12.6 Å². The van der Waals surface area contributed by atoms with E-state index in [2.05, 4.69) is 5.32 Å². The lowest BCUT2D eigenvalue weighted by molar-refractivity contribution is 0.0917. The minimum atomic E-state index is -0.744. The van der Waals surface area contributed by atoms with Crippen molar-refractivity contribution in [2.24, 2.45) is 0 Å².